The fourth-order valence-corrected chi connectivity index (χ4v) is 3.57. The lowest BCUT2D eigenvalue weighted by atomic mass is 9.99. The van der Waals surface area contributed by atoms with Crippen molar-refractivity contribution < 1.29 is 9.90 Å². The van der Waals surface area contributed by atoms with E-state index in [4.69, 9.17) is 0 Å². The number of hydrogen-bond donors (Lipinski definition) is 1. The number of hydrogen-bond acceptors (Lipinski definition) is 3. The van der Waals surface area contributed by atoms with Gasteiger partial charge in [-0.3, -0.25) is 4.57 Å². The second kappa shape index (κ2) is 10.6. The Balaban J connectivity index is 1.87. The number of carbonyl (C=O) groups is 1. The number of benzene rings is 2. The largest absolute Gasteiger partial charge is 0.478 e. The molecule has 1 N–H and O–H groups in total. The van der Waals surface area contributed by atoms with Gasteiger partial charge in [-0.1, -0.05) is 74.4 Å². The first-order chi connectivity index (χ1) is 15.0. The molecule has 31 heavy (non-hydrogen) atoms. The second-order valence-corrected chi connectivity index (χ2v) is 7.54. The molecule has 0 fully saturated rings. The fraction of sp³-hybridized carbons (Fsp3) is 0.320. The molecule has 3 rings (SSSR count). The van der Waals surface area contributed by atoms with Crippen LogP contribution in [-0.4, -0.2) is 25.4 Å². The number of carboxylic acid groups (broad SMARTS) is 1. The summed E-state index contributed by atoms with van der Waals surface area (Å²) < 4.78 is 3.30. The van der Waals surface area contributed by atoms with Crippen molar-refractivity contribution in [3.63, 3.8) is 0 Å². The zero-order valence-electron chi connectivity index (χ0n) is 18.1. The van der Waals surface area contributed by atoms with Gasteiger partial charge in [0.1, 0.15) is 5.82 Å². The van der Waals surface area contributed by atoms with Gasteiger partial charge in [-0.25, -0.2) is 14.3 Å². The average molecular weight is 420 g/mol. The van der Waals surface area contributed by atoms with Gasteiger partial charge in [-0.05, 0) is 36.1 Å². The molecule has 6 nitrogen and oxygen atoms in total. The molecule has 0 bridgehead atoms. The van der Waals surface area contributed by atoms with Gasteiger partial charge in [0.25, 0.3) is 0 Å². The number of rotatable bonds is 10. The number of aromatic nitrogens is 3. The standard InChI is InChI=1S/C25H29N3O3/c1-3-5-9-17-28-25(31)27(23(26-28)12-6-4-2)18-19-13-15-20(16-14-19)21-10-7-8-11-22(21)24(29)30/h4,6-8,10-11,13-16H,3,5,9,12,17-18H2,1-2H3,(H,29,30). The molecule has 0 aliphatic heterocycles. The molecule has 6 heteroatoms. The Bertz CT molecular complexity index is 1110. The first kappa shape index (κ1) is 22.3. The summed E-state index contributed by atoms with van der Waals surface area (Å²) in [6.07, 6.45) is 7.67. The first-order valence-electron chi connectivity index (χ1n) is 10.7. The van der Waals surface area contributed by atoms with Crippen LogP contribution < -0.4 is 5.69 Å². The smallest absolute Gasteiger partial charge is 0.346 e. The van der Waals surface area contributed by atoms with Crippen LogP contribution in [0.3, 0.4) is 0 Å². The Labute approximate surface area is 182 Å². The monoisotopic (exact) mass is 419 g/mol. The molecule has 2 aromatic carbocycles. The minimum absolute atomic E-state index is 0.0871. The summed E-state index contributed by atoms with van der Waals surface area (Å²) in [6, 6.07) is 14.6. The van der Waals surface area contributed by atoms with Crippen LogP contribution in [0.1, 0.15) is 54.9 Å². The lowest BCUT2D eigenvalue weighted by Gasteiger charge is -2.08. The van der Waals surface area contributed by atoms with Gasteiger partial charge in [0.15, 0.2) is 0 Å². The van der Waals surface area contributed by atoms with E-state index in [0.29, 0.717) is 25.1 Å². The zero-order valence-corrected chi connectivity index (χ0v) is 18.1. The van der Waals surface area contributed by atoms with Gasteiger partial charge >= 0.3 is 11.7 Å². The molecular formula is C25H29N3O3. The van der Waals surface area contributed by atoms with Crippen molar-refractivity contribution in [1.82, 2.24) is 14.3 Å². The molecule has 0 aliphatic carbocycles. The molecule has 0 unspecified atom stereocenters. The molecule has 1 heterocycles. The summed E-state index contributed by atoms with van der Waals surface area (Å²) in [5.41, 5.74) is 2.66. The van der Waals surface area contributed by atoms with Crippen molar-refractivity contribution in [2.45, 2.75) is 52.6 Å². The Hall–Kier alpha value is -3.41. The maximum Gasteiger partial charge on any atom is 0.346 e. The molecule has 0 saturated carbocycles. The lowest BCUT2D eigenvalue weighted by Crippen LogP contribution is -2.26. The van der Waals surface area contributed by atoms with Gasteiger partial charge in [0.2, 0.25) is 0 Å². The van der Waals surface area contributed by atoms with Crippen LogP contribution in [0.25, 0.3) is 11.1 Å². The van der Waals surface area contributed by atoms with E-state index in [0.717, 1.165) is 36.2 Å². The van der Waals surface area contributed by atoms with Gasteiger partial charge in [0.05, 0.1) is 12.1 Å². The Morgan fingerprint density at radius 2 is 1.84 bits per heavy atom. The normalized spacial score (nSPS) is 11.3. The average Bonchev–Trinajstić information content (AvgIpc) is 3.07. The minimum atomic E-state index is -0.949. The minimum Gasteiger partial charge on any atom is -0.478 e. The van der Waals surface area contributed by atoms with Crippen LogP contribution in [-0.2, 0) is 19.5 Å². The number of allylic oxidation sites excluding steroid dienone is 2. The molecular weight excluding hydrogens is 390 g/mol. The third-order valence-corrected chi connectivity index (χ3v) is 5.27. The van der Waals surface area contributed by atoms with Gasteiger partial charge in [-0.15, -0.1) is 0 Å². The molecule has 0 radical (unpaired) electrons. The lowest BCUT2D eigenvalue weighted by molar-refractivity contribution is 0.0697. The molecule has 0 aliphatic rings. The van der Waals surface area contributed by atoms with Crippen LogP contribution in [0, 0.1) is 0 Å². The summed E-state index contributed by atoms with van der Waals surface area (Å²) in [5, 5.41) is 14.0. The molecule has 0 atom stereocenters. The van der Waals surface area contributed by atoms with E-state index in [9.17, 15) is 14.7 Å². The van der Waals surface area contributed by atoms with E-state index >= 15 is 0 Å². The maximum atomic E-state index is 12.9. The van der Waals surface area contributed by atoms with E-state index < -0.39 is 5.97 Å². The zero-order chi connectivity index (χ0) is 22.2. The molecule has 3 aromatic rings. The number of carboxylic acids is 1. The highest BCUT2D eigenvalue weighted by atomic mass is 16.4. The SMILES string of the molecule is CC=CCc1nn(CCCCC)c(=O)n1Cc1ccc(-c2ccccc2C(=O)O)cc1. The van der Waals surface area contributed by atoms with Crippen molar-refractivity contribution in [2.24, 2.45) is 0 Å². The van der Waals surface area contributed by atoms with Crippen LogP contribution in [0.5, 0.6) is 0 Å². The number of unbranched alkanes of at least 4 members (excludes halogenated alkanes) is 2. The molecule has 162 valence electrons. The number of nitrogens with zero attached hydrogens (tertiary/aromatic N) is 3. The van der Waals surface area contributed by atoms with E-state index in [-0.39, 0.29) is 11.3 Å². The molecule has 0 spiro atoms. The number of aromatic carboxylic acids is 1. The highest BCUT2D eigenvalue weighted by Gasteiger charge is 2.14. The van der Waals surface area contributed by atoms with Crippen LogP contribution >= 0.6 is 0 Å². The van der Waals surface area contributed by atoms with Crippen LogP contribution in [0.15, 0.2) is 65.5 Å². The molecule has 0 saturated heterocycles. The first-order valence-corrected chi connectivity index (χ1v) is 10.7. The molecule has 1 aromatic heterocycles. The quantitative estimate of drug-likeness (QED) is 0.379. The van der Waals surface area contributed by atoms with Crippen molar-refractivity contribution in [3.05, 3.63) is 88.1 Å². The second-order valence-electron chi connectivity index (χ2n) is 7.54. The van der Waals surface area contributed by atoms with Crippen molar-refractivity contribution in [1.29, 1.82) is 0 Å². The maximum absolute atomic E-state index is 12.9. The Morgan fingerprint density at radius 3 is 2.52 bits per heavy atom. The van der Waals surface area contributed by atoms with Crippen molar-refractivity contribution in [3.8, 4) is 11.1 Å². The number of aryl methyl sites for hydroxylation is 1. The fourth-order valence-electron chi connectivity index (χ4n) is 3.57. The summed E-state index contributed by atoms with van der Waals surface area (Å²) in [6.45, 7) is 5.15. The summed E-state index contributed by atoms with van der Waals surface area (Å²) in [5.74, 6) is -0.199. The van der Waals surface area contributed by atoms with Gasteiger partial charge < -0.3 is 5.11 Å². The predicted octanol–water partition coefficient (Wildman–Crippen LogP) is 4.77. The van der Waals surface area contributed by atoms with E-state index in [1.165, 1.54) is 0 Å². The third-order valence-electron chi connectivity index (χ3n) is 5.27. The van der Waals surface area contributed by atoms with Gasteiger partial charge in [-0.2, -0.15) is 5.10 Å². The Kier molecular flexibility index (Phi) is 7.60. The highest BCUT2D eigenvalue weighted by molar-refractivity contribution is 5.95. The van der Waals surface area contributed by atoms with Crippen molar-refractivity contribution >= 4 is 5.97 Å². The van der Waals surface area contributed by atoms with E-state index in [2.05, 4.69) is 12.0 Å². The van der Waals surface area contributed by atoms with Crippen LogP contribution in [0.4, 0.5) is 0 Å². The Morgan fingerprint density at radius 1 is 1.10 bits per heavy atom. The van der Waals surface area contributed by atoms with E-state index in [1.807, 2.05) is 49.4 Å². The predicted molar refractivity (Wildman–Crippen MR) is 122 cm³/mol. The third kappa shape index (κ3) is 5.40. The topological polar surface area (TPSA) is 77.1 Å². The summed E-state index contributed by atoms with van der Waals surface area (Å²) in [7, 11) is 0. The summed E-state index contributed by atoms with van der Waals surface area (Å²) >= 11 is 0. The molecule has 0 amide bonds. The van der Waals surface area contributed by atoms with Crippen LogP contribution in [0.2, 0.25) is 0 Å². The van der Waals surface area contributed by atoms with Crippen molar-refractivity contribution in [2.75, 3.05) is 0 Å². The van der Waals surface area contributed by atoms with E-state index in [1.54, 1.807) is 27.4 Å². The van der Waals surface area contributed by atoms with Gasteiger partial charge in [0, 0.05) is 13.0 Å². The highest BCUT2D eigenvalue weighted by Crippen LogP contribution is 2.24. The summed E-state index contributed by atoms with van der Waals surface area (Å²) in [4.78, 5) is 24.4.